The Kier molecular flexibility index (Phi) is 13.1. The number of halogens is 3. The number of aliphatic imine (C=N–C) groups is 1. The quantitative estimate of drug-likeness (QED) is 0.0526. The van der Waals surface area contributed by atoms with Crippen molar-refractivity contribution in [3.05, 3.63) is 71.1 Å². The van der Waals surface area contributed by atoms with E-state index in [2.05, 4.69) is 33.0 Å². The molecule has 0 saturated heterocycles. The van der Waals surface area contributed by atoms with E-state index >= 15 is 0 Å². The smallest absolute Gasteiger partial charge is 0.296 e. The largest absolute Gasteiger partial charge is 0.435 e. The molecule has 0 amide bonds. The molecule has 4 aromatic rings. The van der Waals surface area contributed by atoms with Gasteiger partial charge >= 0.3 is 12.0 Å². The summed E-state index contributed by atoms with van der Waals surface area (Å²) in [6.45, 7) is 5.03. The third-order valence-corrected chi connectivity index (χ3v) is 9.63. The van der Waals surface area contributed by atoms with Gasteiger partial charge < -0.3 is 0 Å². The number of hydrogen-bond donors (Lipinski definition) is 0. The number of carbonyl (C=O) groups excluding carboxylic acids is 1. The molecule has 1 aromatic carbocycles. The van der Waals surface area contributed by atoms with Crippen LogP contribution in [0.1, 0.15) is 130 Å². The summed E-state index contributed by atoms with van der Waals surface area (Å²) in [6.07, 6.45) is 20.0. The molecule has 0 spiro atoms. The normalized spacial score (nSPS) is 13.3. The Hall–Kier alpha value is -4.15. The van der Waals surface area contributed by atoms with Gasteiger partial charge in [-0.15, -0.1) is 0 Å². The Balaban J connectivity index is 1.21. The van der Waals surface area contributed by atoms with Crippen LogP contribution in [0.3, 0.4) is 0 Å². The summed E-state index contributed by atoms with van der Waals surface area (Å²) in [4.78, 5) is 26.5. The Labute approximate surface area is 293 Å². The summed E-state index contributed by atoms with van der Waals surface area (Å²) in [6, 6.07) is 5.92. The molecule has 8 nitrogen and oxygen atoms in total. The van der Waals surface area contributed by atoms with E-state index < -0.39 is 11.9 Å². The van der Waals surface area contributed by atoms with Gasteiger partial charge in [0.25, 0.3) is 0 Å². The van der Waals surface area contributed by atoms with E-state index in [1.165, 1.54) is 81.3 Å². The van der Waals surface area contributed by atoms with Crippen molar-refractivity contribution >= 4 is 23.5 Å². The van der Waals surface area contributed by atoms with Crippen molar-refractivity contribution in [2.45, 2.75) is 123 Å². The topological polar surface area (TPSA) is 80.5 Å². The van der Waals surface area contributed by atoms with Crippen LogP contribution >= 0.6 is 0 Å². The van der Waals surface area contributed by atoms with E-state index in [4.69, 9.17) is 0 Å². The molecular weight excluding hydrogens is 639 g/mol. The lowest BCUT2D eigenvalue weighted by atomic mass is 9.94. The van der Waals surface area contributed by atoms with Gasteiger partial charge in [-0.1, -0.05) is 108 Å². The molecule has 1 aliphatic rings. The SMILES string of the molecule is CCCCCCCCCCCCCCC(=O)c1ccc(Cc2nccn3c(-c4cn(CC5=[N+](C)CC=N5)nc4C(F)(F)F)cnc23)cc1CC. The van der Waals surface area contributed by atoms with Gasteiger partial charge in [-0.25, -0.2) is 4.98 Å². The molecule has 3 aromatic heterocycles. The lowest BCUT2D eigenvalue weighted by Crippen LogP contribution is -2.18. The van der Waals surface area contributed by atoms with Crippen LogP contribution in [-0.2, 0) is 25.6 Å². The number of Topliss-reactive ketones (excluding diaryl/α,β-unsaturated/α-hetero) is 1. The van der Waals surface area contributed by atoms with E-state index in [0.29, 0.717) is 36.6 Å². The Bertz CT molecular complexity index is 1800. The number of alkyl halides is 3. The summed E-state index contributed by atoms with van der Waals surface area (Å²) in [7, 11) is 1.84. The van der Waals surface area contributed by atoms with Crippen LogP contribution in [0.5, 0.6) is 0 Å². The maximum absolute atomic E-state index is 14.2. The standard InChI is InChI=1S/C39H51F3N7O/c1-4-6-7-8-9-10-11-12-13-14-15-16-17-35(50)31-19-18-29(24-30(31)5-2)25-33-38-45-26-34(49(38)23-21-43-33)32-27-48(46-37(32)39(40,41)42)28-36-44-20-22-47(36)3/h18-21,23-24,26-27H,4-17,22,25,28H2,1-3H3/q+1. The number of carbonyl (C=O) groups is 1. The van der Waals surface area contributed by atoms with E-state index in [9.17, 15) is 18.0 Å². The van der Waals surface area contributed by atoms with Crippen molar-refractivity contribution in [2.24, 2.45) is 4.99 Å². The monoisotopic (exact) mass is 690 g/mol. The number of amidine groups is 1. The van der Waals surface area contributed by atoms with E-state index in [1.54, 1.807) is 23.0 Å². The number of unbranched alkanes of at least 4 members (excludes halogenated alkanes) is 11. The van der Waals surface area contributed by atoms with E-state index in [-0.39, 0.29) is 23.6 Å². The number of aryl methyl sites for hydroxylation is 1. The minimum atomic E-state index is -4.65. The van der Waals surface area contributed by atoms with Crippen molar-refractivity contribution < 1.29 is 22.5 Å². The fraction of sp³-hybridized carbons (Fsp3) is 0.538. The zero-order valence-electron chi connectivity index (χ0n) is 29.8. The molecule has 0 aliphatic carbocycles. The fourth-order valence-electron chi connectivity index (χ4n) is 6.75. The highest BCUT2D eigenvalue weighted by Gasteiger charge is 2.39. The number of benzene rings is 1. The molecule has 0 atom stereocenters. The number of imidazole rings is 1. The lowest BCUT2D eigenvalue weighted by Gasteiger charge is -2.11. The highest BCUT2D eigenvalue weighted by Crippen LogP contribution is 2.36. The Morgan fingerprint density at radius 1 is 0.940 bits per heavy atom. The second kappa shape index (κ2) is 17.7. The molecule has 0 unspecified atom stereocenters. The first-order valence-electron chi connectivity index (χ1n) is 18.4. The summed E-state index contributed by atoms with van der Waals surface area (Å²) in [5, 5.41) is 3.91. The van der Waals surface area contributed by atoms with E-state index in [1.807, 2.05) is 30.7 Å². The van der Waals surface area contributed by atoms with Crippen LogP contribution in [-0.4, -0.2) is 60.2 Å². The van der Waals surface area contributed by atoms with Crippen LogP contribution in [0, 0.1) is 0 Å². The molecule has 0 bridgehead atoms. The van der Waals surface area contributed by atoms with Gasteiger partial charge in [0, 0.05) is 37.0 Å². The summed E-state index contributed by atoms with van der Waals surface area (Å²) >= 11 is 0. The van der Waals surface area contributed by atoms with Crippen LogP contribution in [0.25, 0.3) is 16.9 Å². The first-order valence-corrected chi connectivity index (χ1v) is 18.4. The third-order valence-electron chi connectivity index (χ3n) is 9.63. The molecule has 4 heterocycles. The molecule has 0 saturated carbocycles. The first kappa shape index (κ1) is 37.1. The maximum Gasteiger partial charge on any atom is 0.435 e. The number of hydrogen-bond acceptors (Lipinski definition) is 5. The number of rotatable bonds is 20. The molecule has 1 aliphatic heterocycles. The maximum atomic E-state index is 14.2. The average molecular weight is 691 g/mol. The highest BCUT2D eigenvalue weighted by molar-refractivity contribution is 5.97. The number of nitrogens with zero attached hydrogens (tertiary/aromatic N) is 7. The minimum Gasteiger partial charge on any atom is -0.296 e. The predicted octanol–water partition coefficient (Wildman–Crippen LogP) is 9.16. The van der Waals surface area contributed by atoms with Crippen LogP contribution < -0.4 is 0 Å². The van der Waals surface area contributed by atoms with Crippen molar-refractivity contribution in [3.8, 4) is 11.3 Å². The van der Waals surface area contributed by atoms with Gasteiger partial charge in [-0.2, -0.15) is 18.3 Å². The number of fused-ring (bicyclic) bond motifs is 1. The highest BCUT2D eigenvalue weighted by atomic mass is 19.4. The summed E-state index contributed by atoms with van der Waals surface area (Å²) < 4.78 is 47.3. The molecule has 50 heavy (non-hydrogen) atoms. The molecule has 5 rings (SSSR count). The molecule has 0 N–H and O–H groups in total. The van der Waals surface area contributed by atoms with Crippen LogP contribution in [0.15, 0.2) is 48.0 Å². The van der Waals surface area contributed by atoms with Gasteiger partial charge in [-0.3, -0.25) is 23.4 Å². The molecular formula is C39H51F3N7O+. The lowest BCUT2D eigenvalue weighted by molar-refractivity contribution is -0.478. The van der Waals surface area contributed by atoms with Crippen LogP contribution in [0.4, 0.5) is 13.2 Å². The zero-order chi connectivity index (χ0) is 35.5. The summed E-state index contributed by atoms with van der Waals surface area (Å²) in [5.41, 5.74) is 3.10. The third kappa shape index (κ3) is 9.54. The second-order valence-electron chi connectivity index (χ2n) is 13.5. The van der Waals surface area contributed by atoms with Gasteiger partial charge in [0.05, 0.1) is 30.2 Å². The Morgan fingerprint density at radius 2 is 1.64 bits per heavy atom. The predicted molar refractivity (Wildman–Crippen MR) is 192 cm³/mol. The summed E-state index contributed by atoms with van der Waals surface area (Å²) in [5.74, 6) is 0.824. The van der Waals surface area contributed by atoms with Gasteiger partial charge in [-0.05, 0) is 24.0 Å². The van der Waals surface area contributed by atoms with E-state index in [0.717, 1.165) is 36.0 Å². The van der Waals surface area contributed by atoms with Crippen molar-refractivity contribution in [1.82, 2.24) is 24.1 Å². The first-order chi connectivity index (χ1) is 24.2. The van der Waals surface area contributed by atoms with Gasteiger partial charge in [0.1, 0.15) is 13.1 Å². The fourth-order valence-corrected chi connectivity index (χ4v) is 6.75. The molecule has 268 valence electrons. The molecule has 0 radical (unpaired) electrons. The van der Waals surface area contributed by atoms with Crippen molar-refractivity contribution in [1.29, 1.82) is 0 Å². The van der Waals surface area contributed by atoms with Crippen molar-refractivity contribution in [3.63, 3.8) is 0 Å². The molecule has 11 heteroatoms. The van der Waals surface area contributed by atoms with Gasteiger partial charge in [0.2, 0.25) is 0 Å². The number of aromatic nitrogens is 5. The Morgan fingerprint density at radius 3 is 2.28 bits per heavy atom. The molecule has 0 fully saturated rings. The zero-order valence-corrected chi connectivity index (χ0v) is 29.8. The van der Waals surface area contributed by atoms with Crippen LogP contribution in [0.2, 0.25) is 0 Å². The number of ketones is 1. The minimum absolute atomic E-state index is 0.0586. The second-order valence-corrected chi connectivity index (χ2v) is 13.5. The van der Waals surface area contributed by atoms with Crippen molar-refractivity contribution in [2.75, 3.05) is 13.6 Å². The van der Waals surface area contributed by atoms with Gasteiger partial charge in [0.15, 0.2) is 23.3 Å². The average Bonchev–Trinajstić information content (AvgIpc) is 3.84.